The Bertz CT molecular complexity index is 961. The number of hydrogen-bond acceptors (Lipinski definition) is 6. The van der Waals surface area contributed by atoms with Gasteiger partial charge < -0.3 is 15.0 Å². The summed E-state index contributed by atoms with van der Waals surface area (Å²) >= 11 is 6.01. The Morgan fingerprint density at radius 1 is 1.12 bits per heavy atom. The predicted octanol–water partition coefficient (Wildman–Crippen LogP) is 2.35. The third-order valence-corrected chi connectivity index (χ3v) is 8.10. The summed E-state index contributed by atoms with van der Waals surface area (Å²) in [5.74, 6) is -1.64. The lowest BCUT2D eigenvalue weighted by Crippen LogP contribution is -2.50. The van der Waals surface area contributed by atoms with Crippen LogP contribution in [0, 0.1) is 0 Å². The molecule has 0 spiro atoms. The lowest BCUT2D eigenvalue weighted by atomic mass is 9.93. The molecule has 10 heteroatoms. The van der Waals surface area contributed by atoms with Crippen molar-refractivity contribution >= 4 is 39.2 Å². The van der Waals surface area contributed by atoms with Gasteiger partial charge in [0, 0.05) is 12.1 Å². The second-order valence-corrected chi connectivity index (χ2v) is 11.1. The molecule has 1 aliphatic heterocycles. The predicted molar refractivity (Wildman–Crippen MR) is 120 cm³/mol. The molecule has 1 N–H and O–H groups in total. The Morgan fingerprint density at radius 2 is 1.81 bits per heavy atom. The standard InChI is InChI=1S/C22H29ClN2O6S/c1-15(24-21(27)18-9-5-6-10-19(18)23)22(28)31-13-20(26)25(16-7-3-2-4-8-16)17-11-12-32(29,30)14-17/h5-6,9-10,15-17H,2-4,7-8,11-14H2,1H3,(H,24,27)/t15-,17?/m0/s1. The molecular weight excluding hydrogens is 456 g/mol. The van der Waals surface area contributed by atoms with Crippen molar-refractivity contribution in [2.45, 2.75) is 63.6 Å². The van der Waals surface area contributed by atoms with Gasteiger partial charge in [0.15, 0.2) is 16.4 Å². The summed E-state index contributed by atoms with van der Waals surface area (Å²) in [6.07, 6.45) is 5.11. The fourth-order valence-corrected chi connectivity index (χ4v) is 6.30. The third kappa shape index (κ3) is 6.22. The van der Waals surface area contributed by atoms with E-state index < -0.39 is 40.3 Å². The highest BCUT2D eigenvalue weighted by molar-refractivity contribution is 7.91. The smallest absolute Gasteiger partial charge is 0.328 e. The normalized spacial score (nSPS) is 21.5. The zero-order valence-corrected chi connectivity index (χ0v) is 19.7. The van der Waals surface area contributed by atoms with Crippen molar-refractivity contribution in [3.05, 3.63) is 34.9 Å². The van der Waals surface area contributed by atoms with Gasteiger partial charge in [-0.3, -0.25) is 9.59 Å². The summed E-state index contributed by atoms with van der Waals surface area (Å²) in [6.45, 7) is 0.974. The van der Waals surface area contributed by atoms with Crippen molar-refractivity contribution in [3.63, 3.8) is 0 Å². The molecular formula is C22H29ClN2O6S. The molecule has 0 radical (unpaired) electrons. The third-order valence-electron chi connectivity index (χ3n) is 6.02. The van der Waals surface area contributed by atoms with Gasteiger partial charge in [0.25, 0.3) is 11.8 Å². The number of benzene rings is 1. The van der Waals surface area contributed by atoms with E-state index in [1.807, 2.05) is 0 Å². The Morgan fingerprint density at radius 3 is 2.44 bits per heavy atom. The van der Waals surface area contributed by atoms with Gasteiger partial charge in [0.1, 0.15) is 6.04 Å². The van der Waals surface area contributed by atoms with E-state index in [1.54, 1.807) is 23.1 Å². The molecule has 1 aromatic carbocycles. The molecule has 1 aromatic rings. The zero-order chi connectivity index (χ0) is 23.3. The van der Waals surface area contributed by atoms with Gasteiger partial charge in [-0.15, -0.1) is 0 Å². The van der Waals surface area contributed by atoms with E-state index in [9.17, 15) is 22.8 Å². The van der Waals surface area contributed by atoms with Crippen LogP contribution in [-0.2, 0) is 24.2 Å². The van der Waals surface area contributed by atoms with Crippen molar-refractivity contribution in [1.82, 2.24) is 10.2 Å². The maximum Gasteiger partial charge on any atom is 0.328 e. The van der Waals surface area contributed by atoms with Crippen LogP contribution in [0.4, 0.5) is 0 Å². The van der Waals surface area contributed by atoms with Crippen molar-refractivity contribution in [2.75, 3.05) is 18.1 Å². The monoisotopic (exact) mass is 484 g/mol. The SMILES string of the molecule is C[C@H](NC(=O)c1ccccc1Cl)C(=O)OCC(=O)N(C1CCCCC1)C1CCS(=O)(=O)C1. The van der Waals surface area contributed by atoms with Crippen LogP contribution in [0.1, 0.15) is 55.8 Å². The number of nitrogens with zero attached hydrogens (tertiary/aromatic N) is 1. The molecule has 2 aliphatic rings. The molecule has 8 nitrogen and oxygen atoms in total. The largest absolute Gasteiger partial charge is 0.454 e. The molecule has 1 aliphatic carbocycles. The van der Waals surface area contributed by atoms with Crippen LogP contribution < -0.4 is 5.32 Å². The van der Waals surface area contributed by atoms with E-state index in [4.69, 9.17) is 16.3 Å². The van der Waals surface area contributed by atoms with E-state index in [2.05, 4.69) is 5.32 Å². The summed E-state index contributed by atoms with van der Waals surface area (Å²) in [7, 11) is -3.16. The molecule has 3 rings (SSSR count). The van der Waals surface area contributed by atoms with Gasteiger partial charge >= 0.3 is 5.97 Å². The van der Waals surface area contributed by atoms with Gasteiger partial charge in [-0.2, -0.15) is 0 Å². The average molecular weight is 485 g/mol. The number of halogens is 1. The molecule has 0 bridgehead atoms. The number of amides is 2. The van der Waals surface area contributed by atoms with E-state index in [-0.39, 0.29) is 34.2 Å². The molecule has 32 heavy (non-hydrogen) atoms. The lowest BCUT2D eigenvalue weighted by molar-refractivity contribution is -0.155. The molecule has 1 unspecified atom stereocenters. The van der Waals surface area contributed by atoms with Gasteiger partial charge in [0.05, 0.1) is 22.1 Å². The van der Waals surface area contributed by atoms with Crippen LogP contribution in [0.3, 0.4) is 0 Å². The van der Waals surface area contributed by atoms with E-state index >= 15 is 0 Å². The van der Waals surface area contributed by atoms with Crippen LogP contribution in [0.5, 0.6) is 0 Å². The fourth-order valence-electron chi connectivity index (χ4n) is 4.37. The maximum atomic E-state index is 13.0. The summed E-state index contributed by atoms with van der Waals surface area (Å²) < 4.78 is 29.1. The van der Waals surface area contributed by atoms with Crippen LogP contribution in [0.2, 0.25) is 5.02 Å². The zero-order valence-electron chi connectivity index (χ0n) is 18.1. The Kier molecular flexibility index (Phi) is 8.16. The van der Waals surface area contributed by atoms with Gasteiger partial charge in [0.2, 0.25) is 0 Å². The number of esters is 1. The lowest BCUT2D eigenvalue weighted by Gasteiger charge is -2.38. The minimum absolute atomic E-state index is 0.0365. The summed E-state index contributed by atoms with van der Waals surface area (Å²) in [5, 5.41) is 2.78. The van der Waals surface area contributed by atoms with E-state index in [0.29, 0.717) is 6.42 Å². The summed E-state index contributed by atoms with van der Waals surface area (Å²) in [5.41, 5.74) is 0.232. The van der Waals surface area contributed by atoms with Gasteiger partial charge in [-0.05, 0) is 38.3 Å². The second kappa shape index (κ2) is 10.7. The molecule has 2 atom stereocenters. The van der Waals surface area contributed by atoms with E-state index in [1.165, 1.54) is 13.0 Å². The number of carbonyl (C=O) groups is 3. The van der Waals surface area contributed by atoms with Crippen molar-refractivity contribution in [2.24, 2.45) is 0 Å². The van der Waals surface area contributed by atoms with Crippen molar-refractivity contribution < 1.29 is 27.5 Å². The van der Waals surface area contributed by atoms with E-state index in [0.717, 1.165) is 32.1 Å². The van der Waals surface area contributed by atoms with Crippen molar-refractivity contribution in [1.29, 1.82) is 0 Å². The quantitative estimate of drug-likeness (QED) is 0.595. The Hall–Kier alpha value is -2.13. The van der Waals surface area contributed by atoms with Crippen molar-refractivity contribution in [3.8, 4) is 0 Å². The van der Waals surface area contributed by atoms with Gasteiger partial charge in [-0.1, -0.05) is 43.0 Å². The first-order valence-corrected chi connectivity index (χ1v) is 13.1. The van der Waals surface area contributed by atoms with Crippen LogP contribution in [0.25, 0.3) is 0 Å². The second-order valence-electron chi connectivity index (χ2n) is 8.43. The molecule has 2 amide bonds. The molecule has 2 fully saturated rings. The van der Waals surface area contributed by atoms with Crippen LogP contribution >= 0.6 is 11.6 Å². The molecule has 1 heterocycles. The first-order valence-electron chi connectivity index (χ1n) is 10.9. The fraction of sp³-hybridized carbons (Fsp3) is 0.591. The minimum atomic E-state index is -3.16. The summed E-state index contributed by atoms with van der Waals surface area (Å²) in [6, 6.07) is 5.05. The molecule has 1 saturated heterocycles. The first kappa shape index (κ1) is 24.5. The molecule has 1 saturated carbocycles. The topological polar surface area (TPSA) is 110 Å². The average Bonchev–Trinajstić information content (AvgIpc) is 3.12. The van der Waals surface area contributed by atoms with Crippen LogP contribution in [0.15, 0.2) is 24.3 Å². The number of rotatable bonds is 7. The number of ether oxygens (including phenoxy) is 1. The Labute approximate surface area is 193 Å². The molecule has 0 aromatic heterocycles. The maximum absolute atomic E-state index is 13.0. The Balaban J connectivity index is 1.59. The highest BCUT2D eigenvalue weighted by Gasteiger charge is 2.38. The number of hydrogen-bond donors (Lipinski definition) is 1. The highest BCUT2D eigenvalue weighted by atomic mass is 35.5. The minimum Gasteiger partial charge on any atom is -0.454 e. The number of carbonyl (C=O) groups excluding carboxylic acids is 3. The van der Waals surface area contributed by atoms with Crippen LogP contribution in [-0.4, -0.2) is 67.3 Å². The number of sulfone groups is 1. The number of nitrogens with one attached hydrogen (secondary N) is 1. The first-order chi connectivity index (χ1) is 15.2. The summed E-state index contributed by atoms with van der Waals surface area (Å²) in [4.78, 5) is 39.4. The van der Waals surface area contributed by atoms with Gasteiger partial charge in [-0.25, -0.2) is 13.2 Å². The highest BCUT2D eigenvalue weighted by Crippen LogP contribution is 2.28. The molecule has 176 valence electrons.